The zero-order valence-corrected chi connectivity index (χ0v) is 24.9. The van der Waals surface area contributed by atoms with Gasteiger partial charge in [-0.25, -0.2) is 8.51 Å². The van der Waals surface area contributed by atoms with Gasteiger partial charge in [0.15, 0.2) is 0 Å². The summed E-state index contributed by atoms with van der Waals surface area (Å²) in [6, 6.07) is 4.42. The maximum Gasteiger partial charge on any atom is 0.248 e. The molecule has 1 atom stereocenters. The van der Waals surface area contributed by atoms with Crippen molar-refractivity contribution in [3.8, 4) is 5.75 Å². The molecule has 1 aromatic rings. The largest absolute Gasteiger partial charge is 0.497 e. The molecule has 2 aliphatic rings. The molecule has 218 valence electrons. The molecular weight excluding hydrogens is 504 g/mol. The first kappa shape index (κ1) is 32.7. The number of rotatable bonds is 14. The summed E-state index contributed by atoms with van der Waals surface area (Å²) in [4.78, 5) is 17.8. The lowest BCUT2D eigenvalue weighted by molar-refractivity contribution is -0.135. The van der Waals surface area contributed by atoms with Crippen molar-refractivity contribution < 1.29 is 24.0 Å². The summed E-state index contributed by atoms with van der Waals surface area (Å²) < 4.78 is 25.8. The number of likely N-dealkylation sites (tertiary alicyclic amines) is 1. The van der Waals surface area contributed by atoms with E-state index in [1.807, 2.05) is 45.0 Å². The maximum atomic E-state index is 13.0. The monoisotopic (exact) mass is 554 g/mol. The molecular formula is C28H50N4O5S. The fraction of sp³-hybridized carbons (Fsp3) is 0.750. The van der Waals surface area contributed by atoms with Crippen LogP contribution < -0.4 is 10.1 Å². The number of likely N-dealkylation sites (N-methyl/N-ethyl adjacent to an activating group) is 2. The number of carbonyl (C=O) groups excluding carboxylic acids is 1. The van der Waals surface area contributed by atoms with Crippen molar-refractivity contribution in [2.45, 2.75) is 63.3 Å². The predicted molar refractivity (Wildman–Crippen MR) is 153 cm³/mol. The topological polar surface area (TPSA) is 106 Å². The lowest BCUT2D eigenvalue weighted by atomic mass is 9.85. The number of ether oxygens (including phenoxy) is 2. The minimum Gasteiger partial charge on any atom is -0.497 e. The number of amides is 1. The number of hydrogen-bond donors (Lipinski definition) is 1. The van der Waals surface area contributed by atoms with Crippen LogP contribution in [0.1, 0.15) is 49.7 Å². The summed E-state index contributed by atoms with van der Waals surface area (Å²) in [7, 11) is 4.02. The van der Waals surface area contributed by atoms with Crippen LogP contribution in [0, 0.1) is 19.8 Å². The molecule has 0 radical (unpaired) electrons. The number of aryl methyl sites for hydroxylation is 2. The van der Waals surface area contributed by atoms with Crippen LogP contribution in [0.5, 0.6) is 5.75 Å². The van der Waals surface area contributed by atoms with Crippen LogP contribution in [0.25, 0.3) is 0 Å². The molecule has 1 aromatic carbocycles. The van der Waals surface area contributed by atoms with E-state index in [1.54, 1.807) is 11.4 Å². The Morgan fingerprint density at radius 2 is 1.74 bits per heavy atom. The number of carbonyl (C=O) groups is 1. The van der Waals surface area contributed by atoms with E-state index in [0.717, 1.165) is 34.9 Å². The van der Waals surface area contributed by atoms with Gasteiger partial charge in [-0.2, -0.15) is 0 Å². The van der Waals surface area contributed by atoms with E-state index in [-0.39, 0.29) is 18.0 Å². The minimum atomic E-state index is -1.30. The van der Waals surface area contributed by atoms with Crippen LogP contribution in [0.2, 0.25) is 0 Å². The van der Waals surface area contributed by atoms with Crippen LogP contribution in [0.3, 0.4) is 0 Å². The molecule has 3 rings (SSSR count). The predicted octanol–water partition coefficient (Wildman–Crippen LogP) is 2.16. The smallest absolute Gasteiger partial charge is 0.248 e. The number of nitrogens with one attached hydrogen (secondary N) is 1. The third-order valence-electron chi connectivity index (χ3n) is 7.77. The maximum absolute atomic E-state index is 13.0. The third-order valence-corrected chi connectivity index (χ3v) is 9.51. The van der Waals surface area contributed by atoms with Crippen molar-refractivity contribution >= 4 is 16.9 Å². The normalized spacial score (nSPS) is 20.8. The van der Waals surface area contributed by atoms with Crippen molar-refractivity contribution in [1.82, 2.24) is 19.4 Å². The molecule has 9 nitrogen and oxygen atoms in total. The van der Waals surface area contributed by atoms with Crippen LogP contribution in [-0.2, 0) is 20.5 Å². The Bertz CT molecular complexity index is 865. The van der Waals surface area contributed by atoms with Gasteiger partial charge in [0.2, 0.25) is 5.91 Å². The van der Waals surface area contributed by atoms with Crippen LogP contribution >= 0.6 is 0 Å². The molecule has 1 saturated carbocycles. The van der Waals surface area contributed by atoms with Gasteiger partial charge in [0.1, 0.15) is 23.3 Å². The summed E-state index contributed by atoms with van der Waals surface area (Å²) in [6.45, 7) is 10.4. The Labute approximate surface area is 232 Å². The molecule has 0 spiro atoms. The van der Waals surface area contributed by atoms with Crippen molar-refractivity contribution in [3.63, 3.8) is 0 Å². The fourth-order valence-corrected chi connectivity index (χ4v) is 6.70. The van der Waals surface area contributed by atoms with Crippen LogP contribution in [0.15, 0.2) is 17.0 Å². The molecule has 0 bridgehead atoms. The van der Waals surface area contributed by atoms with E-state index >= 15 is 0 Å². The van der Waals surface area contributed by atoms with Crippen molar-refractivity contribution in [3.05, 3.63) is 23.3 Å². The minimum absolute atomic E-state index is 0. The first-order valence-corrected chi connectivity index (χ1v) is 14.9. The highest BCUT2D eigenvalue weighted by Crippen LogP contribution is 2.26. The molecule has 1 aliphatic carbocycles. The lowest BCUT2D eigenvalue weighted by Crippen LogP contribution is -2.41. The Morgan fingerprint density at radius 1 is 1.11 bits per heavy atom. The summed E-state index contributed by atoms with van der Waals surface area (Å²) in [5.74, 6) is 1.34. The van der Waals surface area contributed by atoms with Crippen molar-refractivity contribution in [1.29, 1.82) is 0 Å². The summed E-state index contributed by atoms with van der Waals surface area (Å²) in [6.07, 6.45) is 7.43. The molecule has 1 amide bonds. The Balaban J connectivity index is 0.00000507. The van der Waals surface area contributed by atoms with Gasteiger partial charge < -0.3 is 30.1 Å². The molecule has 2 fully saturated rings. The second kappa shape index (κ2) is 16.5. The second-order valence-corrected chi connectivity index (χ2v) is 12.3. The van der Waals surface area contributed by atoms with Gasteiger partial charge in [0, 0.05) is 46.3 Å². The fourth-order valence-electron chi connectivity index (χ4n) is 5.48. The van der Waals surface area contributed by atoms with Gasteiger partial charge in [-0.3, -0.25) is 4.79 Å². The van der Waals surface area contributed by atoms with Gasteiger partial charge in [0.05, 0.1) is 18.6 Å². The van der Waals surface area contributed by atoms with Gasteiger partial charge in [-0.15, -0.1) is 0 Å². The van der Waals surface area contributed by atoms with Gasteiger partial charge in [-0.05, 0) is 94.6 Å². The molecule has 1 aliphatic heterocycles. The SMILES string of the molecule is COc1cc(C)c(S(=O)N(C)CCOCC(=O)N(C)CC2CCC(NCCN3CCCC3)CC2)c(C)c1.O. The van der Waals surface area contributed by atoms with Gasteiger partial charge in [-0.1, -0.05) is 0 Å². The standard InChI is InChI=1S/C28H48N4O4S.H2O/c1-22-18-26(35-5)19-23(2)28(22)37(34)31(4)16-17-36-21-27(33)30(3)20-24-8-10-25(11-9-24)29-12-15-32-13-6-7-14-32;/h18-19,24-25,29H,6-17,20-21H2,1-5H3;1H2. The molecule has 0 aromatic heterocycles. The lowest BCUT2D eigenvalue weighted by Gasteiger charge is -2.32. The number of nitrogens with zero attached hydrogens (tertiary/aromatic N) is 3. The van der Waals surface area contributed by atoms with E-state index in [9.17, 15) is 9.00 Å². The van der Waals surface area contributed by atoms with Crippen LogP contribution in [-0.4, -0.2) is 109 Å². The summed E-state index contributed by atoms with van der Waals surface area (Å²) in [5, 5.41) is 3.74. The van der Waals surface area contributed by atoms with E-state index in [1.165, 1.54) is 58.2 Å². The molecule has 3 N–H and O–H groups in total. The molecule has 38 heavy (non-hydrogen) atoms. The first-order chi connectivity index (χ1) is 17.8. The van der Waals surface area contributed by atoms with E-state index in [4.69, 9.17) is 9.47 Å². The number of benzene rings is 1. The average molecular weight is 555 g/mol. The number of hydrogen-bond acceptors (Lipinski definition) is 6. The molecule has 1 saturated heterocycles. The molecule has 1 heterocycles. The summed E-state index contributed by atoms with van der Waals surface area (Å²) in [5.41, 5.74) is 1.87. The average Bonchev–Trinajstić information content (AvgIpc) is 3.40. The highest BCUT2D eigenvalue weighted by atomic mass is 32.2. The van der Waals surface area contributed by atoms with Crippen LogP contribution in [0.4, 0.5) is 0 Å². The van der Waals surface area contributed by atoms with Crippen molar-refractivity contribution in [2.24, 2.45) is 5.92 Å². The zero-order chi connectivity index (χ0) is 26.8. The van der Waals surface area contributed by atoms with E-state index in [0.29, 0.717) is 25.1 Å². The van der Waals surface area contributed by atoms with Crippen molar-refractivity contribution in [2.75, 3.05) is 73.7 Å². The molecule has 10 heteroatoms. The van der Waals surface area contributed by atoms with E-state index < -0.39 is 11.0 Å². The van der Waals surface area contributed by atoms with Gasteiger partial charge >= 0.3 is 0 Å². The first-order valence-electron chi connectivity index (χ1n) is 13.8. The molecule has 1 unspecified atom stereocenters. The summed E-state index contributed by atoms with van der Waals surface area (Å²) >= 11 is 0. The Kier molecular flexibility index (Phi) is 14.2. The number of methoxy groups -OCH3 is 1. The Hall–Kier alpha value is -1.56. The van der Waals surface area contributed by atoms with E-state index in [2.05, 4.69) is 10.2 Å². The third kappa shape index (κ3) is 9.88. The highest BCUT2D eigenvalue weighted by molar-refractivity contribution is 7.82. The quantitative estimate of drug-likeness (QED) is 0.354. The highest BCUT2D eigenvalue weighted by Gasteiger charge is 2.24. The zero-order valence-electron chi connectivity index (χ0n) is 24.1. The Morgan fingerprint density at radius 3 is 2.34 bits per heavy atom. The second-order valence-electron chi connectivity index (χ2n) is 10.7. The van der Waals surface area contributed by atoms with Gasteiger partial charge in [0.25, 0.3) is 0 Å².